The van der Waals surface area contributed by atoms with E-state index in [1.165, 1.54) is 18.4 Å². The molecule has 4 aromatic rings. The van der Waals surface area contributed by atoms with Gasteiger partial charge in [-0.15, -0.1) is 0 Å². The van der Waals surface area contributed by atoms with E-state index in [1.807, 2.05) is 61.5 Å². The monoisotopic (exact) mass is 584 g/mol. The lowest BCUT2D eigenvalue weighted by atomic mass is 9.93. The summed E-state index contributed by atoms with van der Waals surface area (Å²) in [6.45, 7) is 4.01. The highest BCUT2D eigenvalue weighted by Crippen LogP contribution is 2.39. The summed E-state index contributed by atoms with van der Waals surface area (Å²) in [4.78, 5) is 33.2. The lowest BCUT2D eigenvalue weighted by molar-refractivity contribution is -0.138. The molecule has 214 valence electrons. The summed E-state index contributed by atoms with van der Waals surface area (Å²) in [6.07, 6.45) is 1.82. The summed E-state index contributed by atoms with van der Waals surface area (Å²) < 4.78 is 29.6. The summed E-state index contributed by atoms with van der Waals surface area (Å²) >= 11 is 1.25. The maximum atomic E-state index is 14.2. The maximum Gasteiger partial charge on any atom is 0.338 e. The number of esters is 1. The molecule has 3 heterocycles. The van der Waals surface area contributed by atoms with E-state index in [4.69, 9.17) is 28.7 Å². The lowest BCUT2D eigenvalue weighted by Crippen LogP contribution is -2.40. The number of benzene rings is 3. The van der Waals surface area contributed by atoms with Gasteiger partial charge in [0.2, 0.25) is 6.79 Å². The maximum absolute atomic E-state index is 14.2. The third kappa shape index (κ3) is 4.73. The van der Waals surface area contributed by atoms with Gasteiger partial charge in [0.05, 0.1) is 42.7 Å². The van der Waals surface area contributed by atoms with E-state index in [2.05, 4.69) is 0 Å². The molecule has 10 heteroatoms. The van der Waals surface area contributed by atoms with Gasteiger partial charge in [-0.05, 0) is 60.9 Å². The quantitative estimate of drug-likeness (QED) is 0.303. The Balaban J connectivity index is 1.64. The average Bonchev–Trinajstić information content (AvgIpc) is 3.59. The fourth-order valence-corrected chi connectivity index (χ4v) is 6.13. The summed E-state index contributed by atoms with van der Waals surface area (Å²) in [5.41, 5.74) is 3.54. The van der Waals surface area contributed by atoms with Crippen LogP contribution in [-0.2, 0) is 9.53 Å². The highest BCUT2D eigenvalue weighted by atomic mass is 32.1. The Labute approximate surface area is 245 Å². The molecule has 0 saturated carbocycles. The minimum atomic E-state index is -0.838. The van der Waals surface area contributed by atoms with Gasteiger partial charge in [-0.3, -0.25) is 9.36 Å². The minimum Gasteiger partial charge on any atom is -0.493 e. The van der Waals surface area contributed by atoms with E-state index in [9.17, 15) is 9.59 Å². The predicted molar refractivity (Wildman–Crippen MR) is 158 cm³/mol. The van der Waals surface area contributed by atoms with Crippen LogP contribution in [0.2, 0.25) is 0 Å². The zero-order valence-electron chi connectivity index (χ0n) is 23.5. The van der Waals surface area contributed by atoms with Gasteiger partial charge >= 0.3 is 5.97 Å². The molecular formula is C32H28N2O7S. The fourth-order valence-electron chi connectivity index (χ4n) is 5.13. The molecule has 2 aliphatic rings. The van der Waals surface area contributed by atoms with Crippen molar-refractivity contribution < 1.29 is 28.5 Å². The number of aryl methyl sites for hydroxylation is 1. The zero-order chi connectivity index (χ0) is 29.4. The Morgan fingerprint density at radius 2 is 1.79 bits per heavy atom. The Hall–Kier alpha value is -4.83. The van der Waals surface area contributed by atoms with Crippen LogP contribution < -0.4 is 33.8 Å². The fraction of sp³-hybridized carbons (Fsp3) is 0.219. The molecule has 0 aliphatic carbocycles. The van der Waals surface area contributed by atoms with Gasteiger partial charge in [0.1, 0.15) is 0 Å². The molecule has 0 fully saturated rings. The highest BCUT2D eigenvalue weighted by molar-refractivity contribution is 7.07. The number of thiazole rings is 1. The standard InChI is InChI=1S/C32H28N2O7S/c1-5-39-31(36)27-28(19-9-7-6-8-10-19)33-32-34(29(27)20-11-12-22(37-3)23(14-20)38-4)30(35)26(42-32)16-21-15-25-24(13-18(21)2)40-17-41-25/h6-16,29H,5,17H2,1-4H3/b26-16-/t29-/m0/s1. The molecule has 0 spiro atoms. The number of rotatable bonds is 7. The molecule has 0 radical (unpaired) electrons. The molecule has 42 heavy (non-hydrogen) atoms. The first kappa shape index (κ1) is 27.3. The van der Waals surface area contributed by atoms with Gasteiger partial charge in [0, 0.05) is 5.56 Å². The van der Waals surface area contributed by atoms with E-state index in [1.54, 1.807) is 30.7 Å². The summed E-state index contributed by atoms with van der Waals surface area (Å²) in [6, 6.07) is 17.7. The van der Waals surface area contributed by atoms with Crippen LogP contribution in [0.4, 0.5) is 0 Å². The SMILES string of the molecule is CCOC(=O)C1=C(c2ccccc2)N=c2s/c(=C\c3cc4c(cc3C)OCO4)c(=O)n2[C@H]1c1ccc(OC)c(OC)c1. The molecule has 6 rings (SSSR count). The molecule has 3 aromatic carbocycles. The smallest absolute Gasteiger partial charge is 0.338 e. The first-order valence-corrected chi connectivity index (χ1v) is 14.2. The molecule has 0 unspecified atom stereocenters. The number of methoxy groups -OCH3 is 2. The number of ether oxygens (including phenoxy) is 5. The van der Waals surface area contributed by atoms with Crippen LogP contribution in [0, 0.1) is 6.92 Å². The van der Waals surface area contributed by atoms with Gasteiger partial charge in [-0.1, -0.05) is 47.7 Å². The second-order valence-electron chi connectivity index (χ2n) is 9.61. The summed E-state index contributed by atoms with van der Waals surface area (Å²) in [5, 5.41) is 0. The largest absolute Gasteiger partial charge is 0.493 e. The zero-order valence-corrected chi connectivity index (χ0v) is 24.3. The van der Waals surface area contributed by atoms with Crippen molar-refractivity contribution in [2.45, 2.75) is 19.9 Å². The first-order chi connectivity index (χ1) is 20.4. The molecular weight excluding hydrogens is 556 g/mol. The van der Waals surface area contributed by atoms with Crippen molar-refractivity contribution in [2.24, 2.45) is 4.99 Å². The molecule has 2 aliphatic heterocycles. The van der Waals surface area contributed by atoms with E-state index in [-0.39, 0.29) is 24.5 Å². The molecule has 1 aromatic heterocycles. The number of carbonyl (C=O) groups is 1. The van der Waals surface area contributed by atoms with Crippen molar-refractivity contribution in [1.29, 1.82) is 0 Å². The van der Waals surface area contributed by atoms with Crippen molar-refractivity contribution >= 4 is 29.1 Å². The molecule has 1 atom stereocenters. The molecule has 0 N–H and O–H groups in total. The summed E-state index contributed by atoms with van der Waals surface area (Å²) in [5.74, 6) is 1.73. The lowest BCUT2D eigenvalue weighted by Gasteiger charge is -2.26. The third-order valence-electron chi connectivity index (χ3n) is 7.14. The topological polar surface area (TPSA) is 97.6 Å². The number of hydrogen-bond donors (Lipinski definition) is 0. The van der Waals surface area contributed by atoms with Gasteiger partial charge in [-0.2, -0.15) is 0 Å². The van der Waals surface area contributed by atoms with Gasteiger partial charge < -0.3 is 23.7 Å². The van der Waals surface area contributed by atoms with E-state index >= 15 is 0 Å². The van der Waals surface area contributed by atoms with Crippen LogP contribution >= 0.6 is 11.3 Å². The van der Waals surface area contributed by atoms with Gasteiger partial charge in [-0.25, -0.2) is 9.79 Å². The second-order valence-corrected chi connectivity index (χ2v) is 10.6. The molecule has 0 saturated heterocycles. The van der Waals surface area contributed by atoms with Crippen molar-refractivity contribution in [3.05, 3.63) is 108 Å². The van der Waals surface area contributed by atoms with Crippen molar-refractivity contribution in [3.63, 3.8) is 0 Å². The van der Waals surface area contributed by atoms with Crippen molar-refractivity contribution in [1.82, 2.24) is 4.57 Å². The van der Waals surface area contributed by atoms with Crippen LogP contribution in [0.5, 0.6) is 23.0 Å². The van der Waals surface area contributed by atoms with Gasteiger partial charge in [0.15, 0.2) is 27.8 Å². The highest BCUT2D eigenvalue weighted by Gasteiger charge is 2.35. The number of fused-ring (bicyclic) bond motifs is 2. The van der Waals surface area contributed by atoms with Crippen LogP contribution in [0.25, 0.3) is 11.8 Å². The molecule has 0 bridgehead atoms. The first-order valence-electron chi connectivity index (χ1n) is 13.3. The second kappa shape index (κ2) is 11.2. The third-order valence-corrected chi connectivity index (χ3v) is 8.13. The van der Waals surface area contributed by atoms with E-state index in [0.29, 0.717) is 43.6 Å². The van der Waals surface area contributed by atoms with E-state index in [0.717, 1.165) is 16.7 Å². The molecule has 9 nitrogen and oxygen atoms in total. The van der Waals surface area contributed by atoms with Crippen LogP contribution in [0.15, 0.2) is 76.0 Å². The Morgan fingerprint density at radius 3 is 2.50 bits per heavy atom. The Bertz CT molecular complexity index is 1910. The van der Waals surface area contributed by atoms with Crippen LogP contribution in [-0.4, -0.2) is 38.2 Å². The number of nitrogens with zero attached hydrogens (tertiary/aromatic N) is 2. The number of carbonyl (C=O) groups excluding carboxylic acids is 1. The molecule has 0 amide bonds. The van der Waals surface area contributed by atoms with Crippen LogP contribution in [0.1, 0.15) is 35.2 Å². The van der Waals surface area contributed by atoms with Crippen molar-refractivity contribution in [2.75, 3.05) is 27.6 Å². The minimum absolute atomic E-state index is 0.157. The number of aromatic nitrogens is 1. The number of hydrogen-bond acceptors (Lipinski definition) is 9. The van der Waals surface area contributed by atoms with E-state index < -0.39 is 12.0 Å². The van der Waals surface area contributed by atoms with Gasteiger partial charge in [0.25, 0.3) is 5.56 Å². The average molecular weight is 585 g/mol. The van der Waals surface area contributed by atoms with Crippen LogP contribution in [0.3, 0.4) is 0 Å². The van der Waals surface area contributed by atoms with Crippen molar-refractivity contribution in [3.8, 4) is 23.0 Å². The predicted octanol–water partition coefficient (Wildman–Crippen LogP) is 3.99. The Kier molecular flexibility index (Phi) is 7.30. The summed E-state index contributed by atoms with van der Waals surface area (Å²) in [7, 11) is 3.09. The normalized spacial score (nSPS) is 15.7. The Morgan fingerprint density at radius 1 is 1.05 bits per heavy atom.